The van der Waals surface area contributed by atoms with E-state index in [0.717, 1.165) is 15.7 Å². The lowest BCUT2D eigenvalue weighted by Gasteiger charge is -2.06. The van der Waals surface area contributed by atoms with E-state index in [1.165, 1.54) is 0 Å². The molecule has 0 atom stereocenters. The predicted octanol–water partition coefficient (Wildman–Crippen LogP) is 3.39. The summed E-state index contributed by atoms with van der Waals surface area (Å²) in [6.07, 6.45) is 0. The van der Waals surface area contributed by atoms with E-state index in [-0.39, 0.29) is 5.82 Å². The minimum Gasteiger partial charge on any atom is -0.460 e. The molecule has 1 aromatic carbocycles. The van der Waals surface area contributed by atoms with Gasteiger partial charge in [0.1, 0.15) is 0 Å². The quantitative estimate of drug-likeness (QED) is 0.813. The number of esters is 1. The van der Waals surface area contributed by atoms with Crippen LogP contribution in [0.15, 0.2) is 34.8 Å². The number of nitrogens with zero attached hydrogens (tertiary/aromatic N) is 2. The second-order valence-electron chi connectivity index (χ2n) is 3.95. The van der Waals surface area contributed by atoms with Crippen LogP contribution in [0.2, 0.25) is 0 Å². The Balaban J connectivity index is 2.44. The number of hydrogen-bond acceptors (Lipinski definition) is 4. The highest BCUT2D eigenvalue weighted by Crippen LogP contribution is 2.21. The minimum atomic E-state index is -0.498. The molecule has 0 fully saturated rings. The van der Waals surface area contributed by atoms with Crippen molar-refractivity contribution >= 4 is 21.9 Å². The molecule has 1 heterocycles. The summed E-state index contributed by atoms with van der Waals surface area (Å²) in [5.74, 6) is -0.403. The Bertz CT molecular complexity index is 614. The summed E-state index contributed by atoms with van der Waals surface area (Å²) in [7, 11) is 0. The Morgan fingerprint density at radius 1 is 1.32 bits per heavy atom. The zero-order valence-corrected chi connectivity index (χ0v) is 12.3. The van der Waals surface area contributed by atoms with Crippen LogP contribution in [0.1, 0.15) is 23.2 Å². The van der Waals surface area contributed by atoms with Crippen LogP contribution in [0, 0.1) is 6.92 Å². The lowest BCUT2D eigenvalue weighted by atomic mass is 10.1. The maximum atomic E-state index is 11.7. The molecule has 0 aliphatic carbocycles. The van der Waals surface area contributed by atoms with Gasteiger partial charge in [0.2, 0.25) is 5.82 Å². The number of aromatic nitrogens is 2. The van der Waals surface area contributed by atoms with Crippen LogP contribution in [0.25, 0.3) is 11.3 Å². The number of carbonyl (C=O) groups excluding carboxylic acids is 1. The van der Waals surface area contributed by atoms with Gasteiger partial charge in [-0.25, -0.2) is 14.8 Å². The van der Waals surface area contributed by atoms with Crippen molar-refractivity contribution in [1.29, 1.82) is 0 Å². The normalized spacial score (nSPS) is 10.3. The molecule has 19 heavy (non-hydrogen) atoms. The van der Waals surface area contributed by atoms with Gasteiger partial charge in [0.15, 0.2) is 0 Å². The fourth-order valence-corrected chi connectivity index (χ4v) is 2.05. The van der Waals surface area contributed by atoms with Gasteiger partial charge in [-0.05, 0) is 32.0 Å². The predicted molar refractivity (Wildman–Crippen MR) is 75.9 cm³/mol. The third kappa shape index (κ3) is 3.38. The lowest BCUT2D eigenvalue weighted by molar-refractivity contribution is 0.0512. The van der Waals surface area contributed by atoms with Gasteiger partial charge < -0.3 is 4.74 Å². The van der Waals surface area contributed by atoms with Crippen molar-refractivity contribution in [2.75, 3.05) is 6.61 Å². The molecule has 0 N–H and O–H groups in total. The number of hydrogen-bond donors (Lipinski definition) is 0. The van der Waals surface area contributed by atoms with E-state index in [0.29, 0.717) is 12.3 Å². The van der Waals surface area contributed by atoms with Gasteiger partial charge in [-0.2, -0.15) is 0 Å². The highest BCUT2D eigenvalue weighted by molar-refractivity contribution is 9.10. The van der Waals surface area contributed by atoms with E-state index < -0.39 is 5.97 Å². The minimum absolute atomic E-state index is 0.0943. The summed E-state index contributed by atoms with van der Waals surface area (Å²) in [5.41, 5.74) is 2.36. The van der Waals surface area contributed by atoms with Crippen LogP contribution >= 0.6 is 15.9 Å². The van der Waals surface area contributed by atoms with Gasteiger partial charge in [0, 0.05) is 15.7 Å². The van der Waals surface area contributed by atoms with E-state index in [1.54, 1.807) is 6.92 Å². The van der Waals surface area contributed by atoms with Crippen molar-refractivity contribution < 1.29 is 9.53 Å². The zero-order chi connectivity index (χ0) is 13.8. The van der Waals surface area contributed by atoms with E-state index >= 15 is 0 Å². The standard InChI is InChI=1S/C14H13BrN2O2/c1-3-19-14(18)13-16-9(2)7-12(17-13)10-5-4-6-11(15)8-10/h4-8H,3H2,1-2H3. The summed E-state index contributed by atoms with van der Waals surface area (Å²) in [6, 6.07) is 9.56. The van der Waals surface area contributed by atoms with Crippen LogP contribution in [0.5, 0.6) is 0 Å². The molecule has 0 saturated heterocycles. The molecule has 98 valence electrons. The lowest BCUT2D eigenvalue weighted by Crippen LogP contribution is -2.11. The topological polar surface area (TPSA) is 52.1 Å². The number of halogens is 1. The van der Waals surface area contributed by atoms with Gasteiger partial charge in [-0.3, -0.25) is 0 Å². The monoisotopic (exact) mass is 320 g/mol. The molecular formula is C14H13BrN2O2. The van der Waals surface area contributed by atoms with Crippen LogP contribution in [-0.4, -0.2) is 22.5 Å². The number of benzene rings is 1. The van der Waals surface area contributed by atoms with Crippen molar-refractivity contribution in [3.63, 3.8) is 0 Å². The smallest absolute Gasteiger partial charge is 0.376 e. The van der Waals surface area contributed by atoms with E-state index in [2.05, 4.69) is 25.9 Å². The van der Waals surface area contributed by atoms with E-state index in [1.807, 2.05) is 37.3 Å². The molecule has 0 amide bonds. The summed E-state index contributed by atoms with van der Waals surface area (Å²) in [4.78, 5) is 20.1. The van der Waals surface area contributed by atoms with Crippen molar-refractivity contribution in [1.82, 2.24) is 9.97 Å². The molecule has 0 unspecified atom stereocenters. The SMILES string of the molecule is CCOC(=O)c1nc(C)cc(-c2cccc(Br)c2)n1. The Morgan fingerprint density at radius 3 is 2.79 bits per heavy atom. The largest absolute Gasteiger partial charge is 0.460 e. The summed E-state index contributed by atoms with van der Waals surface area (Å²) < 4.78 is 5.88. The zero-order valence-electron chi connectivity index (χ0n) is 10.7. The summed E-state index contributed by atoms with van der Waals surface area (Å²) in [6.45, 7) is 3.89. The van der Waals surface area contributed by atoms with Gasteiger partial charge in [0.25, 0.3) is 0 Å². The van der Waals surface area contributed by atoms with E-state index in [9.17, 15) is 4.79 Å². The highest BCUT2D eigenvalue weighted by atomic mass is 79.9. The van der Waals surface area contributed by atoms with Crippen molar-refractivity contribution in [3.8, 4) is 11.3 Å². The summed E-state index contributed by atoms with van der Waals surface area (Å²) in [5, 5.41) is 0. The first-order chi connectivity index (χ1) is 9.10. The van der Waals surface area contributed by atoms with Gasteiger partial charge in [-0.15, -0.1) is 0 Å². The number of ether oxygens (including phenoxy) is 1. The third-order valence-electron chi connectivity index (χ3n) is 2.43. The Morgan fingerprint density at radius 2 is 2.11 bits per heavy atom. The molecular weight excluding hydrogens is 308 g/mol. The third-order valence-corrected chi connectivity index (χ3v) is 2.93. The molecule has 0 aliphatic rings. The second-order valence-corrected chi connectivity index (χ2v) is 4.86. The fourth-order valence-electron chi connectivity index (χ4n) is 1.65. The molecule has 0 bridgehead atoms. The molecule has 2 aromatic rings. The number of rotatable bonds is 3. The fraction of sp³-hybridized carbons (Fsp3) is 0.214. The van der Waals surface area contributed by atoms with E-state index in [4.69, 9.17) is 4.74 Å². The molecule has 0 radical (unpaired) electrons. The van der Waals surface area contributed by atoms with Crippen LogP contribution < -0.4 is 0 Å². The maximum absolute atomic E-state index is 11.7. The maximum Gasteiger partial charge on any atom is 0.376 e. The highest BCUT2D eigenvalue weighted by Gasteiger charge is 2.13. The molecule has 0 aliphatic heterocycles. The first kappa shape index (κ1) is 13.7. The average Bonchev–Trinajstić information content (AvgIpc) is 2.38. The van der Waals surface area contributed by atoms with Crippen molar-refractivity contribution in [2.45, 2.75) is 13.8 Å². The first-order valence-corrected chi connectivity index (χ1v) is 6.68. The van der Waals surface area contributed by atoms with Crippen LogP contribution in [0.4, 0.5) is 0 Å². The number of aryl methyl sites for hydroxylation is 1. The molecule has 0 spiro atoms. The van der Waals surface area contributed by atoms with Gasteiger partial charge >= 0.3 is 5.97 Å². The average molecular weight is 321 g/mol. The molecule has 2 rings (SSSR count). The molecule has 0 saturated carbocycles. The van der Waals surface area contributed by atoms with Crippen LogP contribution in [0.3, 0.4) is 0 Å². The second kappa shape index (κ2) is 5.93. The molecule has 4 nitrogen and oxygen atoms in total. The Hall–Kier alpha value is -1.75. The Kier molecular flexibility index (Phi) is 4.27. The van der Waals surface area contributed by atoms with Crippen molar-refractivity contribution in [3.05, 3.63) is 46.3 Å². The van der Waals surface area contributed by atoms with Crippen molar-refractivity contribution in [2.24, 2.45) is 0 Å². The van der Waals surface area contributed by atoms with Gasteiger partial charge in [-0.1, -0.05) is 28.1 Å². The molecule has 5 heteroatoms. The van der Waals surface area contributed by atoms with Gasteiger partial charge in [0.05, 0.1) is 12.3 Å². The molecule has 1 aromatic heterocycles. The number of carbonyl (C=O) groups is 1. The van der Waals surface area contributed by atoms with Crippen LogP contribution in [-0.2, 0) is 4.74 Å². The Labute approximate surface area is 120 Å². The summed E-state index contributed by atoms with van der Waals surface area (Å²) >= 11 is 3.42. The first-order valence-electron chi connectivity index (χ1n) is 5.89.